The van der Waals surface area contributed by atoms with Crippen LogP contribution in [0.25, 0.3) is 0 Å². The summed E-state index contributed by atoms with van der Waals surface area (Å²) >= 11 is 1.51. The first-order valence-electron chi connectivity index (χ1n) is 8.92. The number of fused-ring (bicyclic) bond motifs is 1. The standard InChI is InChI=1S/C20H24N2O3S/c1-3-25-20(24)18-15-10-7-11-16(15)26-19(18)21-17(23)13-22(2)12-14-8-5-4-6-9-14/h4-6,8-9H,3,7,10-13H2,1-2H3,(H,21,23). The number of nitrogens with one attached hydrogen (secondary N) is 1. The zero-order valence-electron chi connectivity index (χ0n) is 15.2. The van der Waals surface area contributed by atoms with Gasteiger partial charge < -0.3 is 10.1 Å². The van der Waals surface area contributed by atoms with Gasteiger partial charge in [-0.2, -0.15) is 0 Å². The van der Waals surface area contributed by atoms with Crippen molar-refractivity contribution >= 4 is 28.2 Å². The van der Waals surface area contributed by atoms with Crippen LogP contribution in [-0.4, -0.2) is 37.0 Å². The van der Waals surface area contributed by atoms with Crippen molar-refractivity contribution in [2.45, 2.75) is 32.7 Å². The zero-order valence-corrected chi connectivity index (χ0v) is 16.0. The third-order valence-corrected chi connectivity index (χ3v) is 5.57. The van der Waals surface area contributed by atoms with Crippen LogP contribution in [0.3, 0.4) is 0 Å². The molecule has 0 saturated heterocycles. The normalized spacial score (nSPS) is 12.9. The first-order valence-corrected chi connectivity index (χ1v) is 9.74. The van der Waals surface area contributed by atoms with Gasteiger partial charge in [0.1, 0.15) is 5.00 Å². The van der Waals surface area contributed by atoms with Gasteiger partial charge in [0.05, 0.1) is 18.7 Å². The van der Waals surface area contributed by atoms with Crippen molar-refractivity contribution in [1.82, 2.24) is 4.90 Å². The average Bonchev–Trinajstić information content (AvgIpc) is 3.16. The minimum atomic E-state index is -0.333. The third-order valence-electron chi connectivity index (χ3n) is 4.36. The Morgan fingerprint density at radius 1 is 1.23 bits per heavy atom. The number of thiophene rings is 1. The Morgan fingerprint density at radius 3 is 2.73 bits per heavy atom. The number of benzene rings is 1. The molecule has 6 heteroatoms. The third kappa shape index (κ3) is 4.31. The molecule has 0 atom stereocenters. The SMILES string of the molecule is CCOC(=O)c1c(NC(=O)CN(C)Cc2ccccc2)sc2c1CCC2. The molecule has 0 spiro atoms. The van der Waals surface area contributed by atoms with Gasteiger partial charge in [0, 0.05) is 11.4 Å². The number of amides is 1. The van der Waals surface area contributed by atoms with Crippen LogP contribution in [0.2, 0.25) is 0 Å². The van der Waals surface area contributed by atoms with Crippen molar-refractivity contribution in [3.8, 4) is 0 Å². The summed E-state index contributed by atoms with van der Waals surface area (Å²) in [5, 5.41) is 3.56. The average molecular weight is 372 g/mol. The molecule has 3 rings (SSSR count). The van der Waals surface area contributed by atoms with Crippen molar-refractivity contribution in [1.29, 1.82) is 0 Å². The van der Waals surface area contributed by atoms with Crippen molar-refractivity contribution in [2.75, 3.05) is 25.5 Å². The summed E-state index contributed by atoms with van der Waals surface area (Å²) in [6.45, 7) is 3.08. The quantitative estimate of drug-likeness (QED) is 0.756. The maximum absolute atomic E-state index is 12.5. The summed E-state index contributed by atoms with van der Waals surface area (Å²) < 4.78 is 5.20. The van der Waals surface area contributed by atoms with Gasteiger partial charge in [-0.3, -0.25) is 9.69 Å². The fraction of sp³-hybridized carbons (Fsp3) is 0.400. The topological polar surface area (TPSA) is 58.6 Å². The summed E-state index contributed by atoms with van der Waals surface area (Å²) in [7, 11) is 1.91. The smallest absolute Gasteiger partial charge is 0.341 e. The van der Waals surface area contributed by atoms with Gasteiger partial charge in [-0.05, 0) is 44.4 Å². The Balaban J connectivity index is 1.66. The second-order valence-corrected chi connectivity index (χ2v) is 7.59. The number of nitrogens with zero attached hydrogens (tertiary/aromatic N) is 1. The predicted molar refractivity (Wildman–Crippen MR) is 104 cm³/mol. The Morgan fingerprint density at radius 2 is 2.00 bits per heavy atom. The largest absolute Gasteiger partial charge is 0.462 e. The van der Waals surface area contributed by atoms with E-state index < -0.39 is 0 Å². The fourth-order valence-corrected chi connectivity index (χ4v) is 4.57. The van der Waals surface area contributed by atoms with E-state index >= 15 is 0 Å². The van der Waals surface area contributed by atoms with Gasteiger partial charge in [0.25, 0.3) is 0 Å². The molecule has 0 unspecified atom stereocenters. The molecule has 0 fully saturated rings. The van der Waals surface area contributed by atoms with E-state index in [1.807, 2.05) is 42.3 Å². The zero-order chi connectivity index (χ0) is 18.5. The lowest BCUT2D eigenvalue weighted by Gasteiger charge is -2.16. The number of hydrogen-bond donors (Lipinski definition) is 1. The number of ether oxygens (including phenoxy) is 1. The molecule has 138 valence electrons. The lowest BCUT2D eigenvalue weighted by Crippen LogP contribution is -2.30. The molecule has 0 saturated carbocycles. The van der Waals surface area contributed by atoms with E-state index in [0.717, 1.165) is 30.4 Å². The highest BCUT2D eigenvalue weighted by Crippen LogP contribution is 2.39. The van der Waals surface area contributed by atoms with Crippen LogP contribution in [0.5, 0.6) is 0 Å². The highest BCUT2D eigenvalue weighted by atomic mass is 32.1. The summed E-state index contributed by atoms with van der Waals surface area (Å²) in [4.78, 5) is 28.0. The molecule has 26 heavy (non-hydrogen) atoms. The van der Waals surface area contributed by atoms with E-state index in [4.69, 9.17) is 4.74 Å². The Kier molecular flexibility index (Phi) is 6.06. The van der Waals surface area contributed by atoms with Crippen molar-refractivity contribution in [2.24, 2.45) is 0 Å². The van der Waals surface area contributed by atoms with E-state index in [-0.39, 0.29) is 18.4 Å². The molecular weight excluding hydrogens is 348 g/mol. The number of anilines is 1. The number of likely N-dealkylation sites (N-methyl/N-ethyl adjacent to an activating group) is 1. The van der Waals surface area contributed by atoms with Crippen LogP contribution < -0.4 is 5.32 Å². The molecule has 1 N–H and O–H groups in total. The van der Waals surface area contributed by atoms with Crippen LogP contribution in [0, 0.1) is 0 Å². The van der Waals surface area contributed by atoms with Crippen LogP contribution in [0.4, 0.5) is 5.00 Å². The van der Waals surface area contributed by atoms with Gasteiger partial charge >= 0.3 is 5.97 Å². The number of esters is 1. The minimum Gasteiger partial charge on any atom is -0.462 e. The van der Waals surface area contributed by atoms with Crippen LogP contribution in [-0.2, 0) is 28.9 Å². The first-order chi connectivity index (χ1) is 12.6. The second-order valence-electron chi connectivity index (χ2n) is 6.49. The Hall–Kier alpha value is -2.18. The molecule has 1 amide bonds. The number of carbonyl (C=O) groups excluding carboxylic acids is 2. The number of carbonyl (C=O) groups is 2. The van der Waals surface area contributed by atoms with Crippen LogP contribution in [0.1, 0.15) is 39.7 Å². The lowest BCUT2D eigenvalue weighted by molar-refractivity contribution is -0.117. The van der Waals surface area contributed by atoms with Gasteiger partial charge in [-0.15, -0.1) is 11.3 Å². The molecule has 0 radical (unpaired) electrons. The molecule has 1 aliphatic rings. The Bertz CT molecular complexity index is 786. The Labute approximate surface area is 158 Å². The second kappa shape index (κ2) is 8.47. The molecule has 2 aromatic rings. The molecular formula is C20H24N2O3S. The van der Waals surface area contributed by atoms with Crippen LogP contribution >= 0.6 is 11.3 Å². The van der Waals surface area contributed by atoms with Crippen molar-refractivity contribution in [3.05, 3.63) is 51.9 Å². The molecule has 1 aromatic carbocycles. The van der Waals surface area contributed by atoms with Gasteiger partial charge in [-0.1, -0.05) is 30.3 Å². The molecule has 1 heterocycles. The monoisotopic (exact) mass is 372 g/mol. The molecule has 0 aliphatic heterocycles. The summed E-state index contributed by atoms with van der Waals surface area (Å²) in [6.07, 6.45) is 2.90. The van der Waals surface area contributed by atoms with Crippen molar-refractivity contribution in [3.63, 3.8) is 0 Å². The van der Waals surface area contributed by atoms with Gasteiger partial charge in [0.2, 0.25) is 5.91 Å². The number of rotatable bonds is 7. The maximum Gasteiger partial charge on any atom is 0.341 e. The predicted octanol–water partition coefficient (Wildman–Crippen LogP) is 3.48. The maximum atomic E-state index is 12.5. The summed E-state index contributed by atoms with van der Waals surface area (Å²) in [5.74, 6) is -0.450. The lowest BCUT2D eigenvalue weighted by atomic mass is 10.1. The van der Waals surface area contributed by atoms with Gasteiger partial charge in [0.15, 0.2) is 0 Å². The highest BCUT2D eigenvalue weighted by molar-refractivity contribution is 7.17. The van der Waals surface area contributed by atoms with Crippen LogP contribution in [0.15, 0.2) is 30.3 Å². The number of hydrogen-bond acceptors (Lipinski definition) is 5. The van der Waals surface area contributed by atoms with E-state index in [1.54, 1.807) is 6.92 Å². The molecule has 5 nitrogen and oxygen atoms in total. The highest BCUT2D eigenvalue weighted by Gasteiger charge is 2.28. The first kappa shape index (κ1) is 18.6. The van der Waals surface area contributed by atoms with Gasteiger partial charge in [-0.25, -0.2) is 4.79 Å². The van der Waals surface area contributed by atoms with E-state index in [9.17, 15) is 9.59 Å². The van der Waals surface area contributed by atoms with E-state index in [2.05, 4.69) is 5.32 Å². The number of aryl methyl sites for hydroxylation is 1. The summed E-state index contributed by atoms with van der Waals surface area (Å²) in [6, 6.07) is 10.0. The fourth-order valence-electron chi connectivity index (χ4n) is 3.27. The summed E-state index contributed by atoms with van der Waals surface area (Å²) in [5.41, 5.74) is 2.77. The minimum absolute atomic E-state index is 0.117. The molecule has 0 bridgehead atoms. The van der Waals surface area contributed by atoms with E-state index in [0.29, 0.717) is 23.7 Å². The van der Waals surface area contributed by atoms with E-state index in [1.165, 1.54) is 16.2 Å². The molecule has 1 aromatic heterocycles. The van der Waals surface area contributed by atoms with Crippen molar-refractivity contribution < 1.29 is 14.3 Å². The molecule has 1 aliphatic carbocycles.